The van der Waals surface area contributed by atoms with Crippen LogP contribution in [0.15, 0.2) is 64.0 Å². The van der Waals surface area contributed by atoms with E-state index in [9.17, 15) is 13.2 Å². The number of ether oxygens (including phenoxy) is 1. The SMILES string of the molecule is COc1ccc(C)cc1S(=O)(=O)N(CC(=O)N1c2ccc(Br)cc2CC1C)c1ccc(C)c(Cl)c1. The molecule has 0 aliphatic carbocycles. The third-order valence-electron chi connectivity index (χ3n) is 6.14. The van der Waals surface area contributed by atoms with Crippen molar-refractivity contribution in [3.63, 3.8) is 0 Å². The van der Waals surface area contributed by atoms with E-state index in [1.165, 1.54) is 7.11 Å². The van der Waals surface area contributed by atoms with Crippen LogP contribution in [0.4, 0.5) is 11.4 Å². The lowest BCUT2D eigenvalue weighted by molar-refractivity contribution is -0.117. The molecule has 1 unspecified atom stereocenters. The number of benzene rings is 3. The molecule has 6 nitrogen and oxygen atoms in total. The Labute approximate surface area is 219 Å². The van der Waals surface area contributed by atoms with Gasteiger partial charge in [0.05, 0.1) is 12.8 Å². The van der Waals surface area contributed by atoms with Gasteiger partial charge in [0.15, 0.2) is 0 Å². The lowest BCUT2D eigenvalue weighted by Gasteiger charge is -2.29. The van der Waals surface area contributed by atoms with E-state index < -0.39 is 16.6 Å². The predicted molar refractivity (Wildman–Crippen MR) is 143 cm³/mol. The average molecular weight is 578 g/mol. The van der Waals surface area contributed by atoms with Gasteiger partial charge in [-0.15, -0.1) is 0 Å². The number of methoxy groups -OCH3 is 1. The fourth-order valence-corrected chi connectivity index (χ4v) is 6.57. The standard InChI is InChI=1S/C26H26BrClN2O4S/c1-16-5-10-24(34-4)25(11-16)35(32,33)29(21-8-6-17(2)22(28)14-21)15-26(31)30-18(3)12-19-13-20(27)7-9-23(19)30/h5-11,13-14,18H,12,15H2,1-4H3. The van der Waals surface area contributed by atoms with Crippen molar-refractivity contribution in [2.75, 3.05) is 22.9 Å². The van der Waals surface area contributed by atoms with E-state index in [4.69, 9.17) is 16.3 Å². The molecule has 3 aromatic carbocycles. The van der Waals surface area contributed by atoms with Crippen molar-refractivity contribution in [3.8, 4) is 5.75 Å². The van der Waals surface area contributed by atoms with Gasteiger partial charge < -0.3 is 9.64 Å². The van der Waals surface area contributed by atoms with Crippen molar-refractivity contribution >= 4 is 54.8 Å². The number of rotatable bonds is 6. The molecule has 3 aromatic rings. The van der Waals surface area contributed by atoms with E-state index in [1.54, 1.807) is 48.2 Å². The van der Waals surface area contributed by atoms with Gasteiger partial charge in [-0.05, 0) is 86.3 Å². The van der Waals surface area contributed by atoms with Crippen LogP contribution in [0.2, 0.25) is 5.02 Å². The highest BCUT2D eigenvalue weighted by atomic mass is 79.9. The maximum absolute atomic E-state index is 14.0. The number of sulfonamides is 1. The molecule has 1 amide bonds. The van der Waals surface area contributed by atoms with Gasteiger partial charge in [-0.1, -0.05) is 39.7 Å². The molecule has 0 fully saturated rings. The first-order valence-corrected chi connectivity index (χ1v) is 13.7. The third-order valence-corrected chi connectivity index (χ3v) is 8.83. The van der Waals surface area contributed by atoms with Gasteiger partial charge in [-0.3, -0.25) is 9.10 Å². The summed E-state index contributed by atoms with van der Waals surface area (Å²) in [6, 6.07) is 15.6. The summed E-state index contributed by atoms with van der Waals surface area (Å²) in [5.41, 5.74) is 3.69. The quantitative estimate of drug-likeness (QED) is 0.366. The summed E-state index contributed by atoms with van der Waals surface area (Å²) in [7, 11) is -2.76. The minimum absolute atomic E-state index is 0.0108. The number of halogens is 2. The fraction of sp³-hybridized carbons (Fsp3) is 0.269. The lowest BCUT2D eigenvalue weighted by Crippen LogP contribution is -2.45. The number of fused-ring (bicyclic) bond motifs is 1. The Morgan fingerprint density at radius 1 is 1.14 bits per heavy atom. The van der Waals surface area contributed by atoms with Gasteiger partial charge in [0.1, 0.15) is 17.2 Å². The smallest absolute Gasteiger partial charge is 0.268 e. The zero-order chi connectivity index (χ0) is 25.5. The molecule has 0 N–H and O–H groups in total. The zero-order valence-electron chi connectivity index (χ0n) is 19.9. The molecule has 0 saturated heterocycles. The number of carbonyl (C=O) groups excluding carboxylic acids is 1. The van der Waals surface area contributed by atoms with Crippen molar-refractivity contribution in [1.29, 1.82) is 0 Å². The van der Waals surface area contributed by atoms with Crippen molar-refractivity contribution in [3.05, 3.63) is 80.8 Å². The van der Waals surface area contributed by atoms with Crippen molar-refractivity contribution < 1.29 is 17.9 Å². The molecular formula is C26H26BrClN2O4S. The maximum Gasteiger partial charge on any atom is 0.268 e. The highest BCUT2D eigenvalue weighted by Crippen LogP contribution is 2.36. The molecular weight excluding hydrogens is 552 g/mol. The van der Waals surface area contributed by atoms with Crippen LogP contribution in [0.25, 0.3) is 0 Å². The molecule has 0 spiro atoms. The molecule has 1 atom stereocenters. The Morgan fingerprint density at radius 2 is 1.89 bits per heavy atom. The van der Waals surface area contributed by atoms with E-state index in [1.807, 2.05) is 32.0 Å². The highest BCUT2D eigenvalue weighted by molar-refractivity contribution is 9.10. The Kier molecular flexibility index (Phi) is 7.18. The normalized spacial score (nSPS) is 15.1. The van der Waals surface area contributed by atoms with Crippen LogP contribution >= 0.6 is 27.5 Å². The van der Waals surface area contributed by atoms with Crippen LogP contribution in [-0.4, -0.2) is 34.0 Å². The fourth-order valence-electron chi connectivity index (χ4n) is 4.33. The second-order valence-corrected chi connectivity index (χ2v) is 11.8. The van der Waals surface area contributed by atoms with Crippen molar-refractivity contribution in [2.24, 2.45) is 0 Å². The Balaban J connectivity index is 1.80. The molecule has 1 aliphatic heterocycles. The molecule has 1 aliphatic rings. The number of hydrogen-bond donors (Lipinski definition) is 0. The van der Waals surface area contributed by atoms with E-state index in [2.05, 4.69) is 15.9 Å². The van der Waals surface area contributed by atoms with Crippen LogP contribution in [-0.2, 0) is 21.2 Å². The van der Waals surface area contributed by atoms with E-state index in [-0.39, 0.29) is 22.6 Å². The Morgan fingerprint density at radius 3 is 2.57 bits per heavy atom. The first-order chi connectivity index (χ1) is 16.5. The highest BCUT2D eigenvalue weighted by Gasteiger charge is 2.36. The summed E-state index contributed by atoms with van der Waals surface area (Å²) in [6.45, 7) is 5.20. The Hall–Kier alpha value is -2.55. The summed E-state index contributed by atoms with van der Waals surface area (Å²) >= 11 is 9.84. The molecule has 9 heteroatoms. The molecule has 0 saturated carbocycles. The lowest BCUT2D eigenvalue weighted by atomic mass is 10.1. The van der Waals surface area contributed by atoms with Crippen LogP contribution < -0.4 is 13.9 Å². The number of amides is 1. The predicted octanol–water partition coefficient (Wildman–Crippen LogP) is 5.90. The van der Waals surface area contributed by atoms with Gasteiger partial charge >= 0.3 is 0 Å². The second-order valence-electron chi connectivity index (χ2n) is 8.69. The number of anilines is 2. The van der Waals surface area contributed by atoms with Gasteiger partial charge in [0.2, 0.25) is 5.91 Å². The first kappa shape index (κ1) is 25.5. The van der Waals surface area contributed by atoms with Crippen LogP contribution in [0.3, 0.4) is 0 Å². The molecule has 1 heterocycles. The van der Waals surface area contributed by atoms with E-state index in [0.29, 0.717) is 17.1 Å². The van der Waals surface area contributed by atoms with Crippen LogP contribution in [0, 0.1) is 13.8 Å². The maximum atomic E-state index is 14.0. The monoisotopic (exact) mass is 576 g/mol. The molecule has 0 aromatic heterocycles. The second kappa shape index (κ2) is 9.84. The summed E-state index contributed by atoms with van der Waals surface area (Å²) in [4.78, 5) is 15.3. The first-order valence-electron chi connectivity index (χ1n) is 11.1. The van der Waals surface area contributed by atoms with Crippen molar-refractivity contribution in [2.45, 2.75) is 38.1 Å². The summed E-state index contributed by atoms with van der Waals surface area (Å²) in [5.74, 6) is -0.124. The largest absolute Gasteiger partial charge is 0.495 e. The molecule has 0 radical (unpaired) electrons. The van der Waals surface area contributed by atoms with Gasteiger partial charge in [-0.25, -0.2) is 8.42 Å². The number of aryl methyl sites for hydroxylation is 2. The molecule has 4 rings (SSSR count). The third kappa shape index (κ3) is 4.92. The summed E-state index contributed by atoms with van der Waals surface area (Å²) < 4.78 is 35.4. The molecule has 184 valence electrons. The van der Waals surface area contributed by atoms with E-state index in [0.717, 1.165) is 31.2 Å². The van der Waals surface area contributed by atoms with Crippen LogP contribution in [0.1, 0.15) is 23.6 Å². The minimum Gasteiger partial charge on any atom is -0.495 e. The zero-order valence-corrected chi connectivity index (χ0v) is 23.0. The average Bonchev–Trinajstić information content (AvgIpc) is 3.13. The number of carbonyl (C=O) groups is 1. The van der Waals surface area contributed by atoms with Crippen LogP contribution in [0.5, 0.6) is 5.75 Å². The number of nitrogens with zero attached hydrogens (tertiary/aromatic N) is 2. The summed E-state index contributed by atoms with van der Waals surface area (Å²) in [6.07, 6.45) is 0.690. The topological polar surface area (TPSA) is 66.9 Å². The minimum atomic E-state index is -4.18. The number of hydrogen-bond acceptors (Lipinski definition) is 4. The Bertz CT molecular complexity index is 1410. The molecule has 0 bridgehead atoms. The summed E-state index contributed by atoms with van der Waals surface area (Å²) in [5, 5.41) is 0.413. The van der Waals surface area contributed by atoms with Gasteiger partial charge in [-0.2, -0.15) is 0 Å². The molecule has 35 heavy (non-hydrogen) atoms. The van der Waals surface area contributed by atoms with E-state index >= 15 is 0 Å². The van der Waals surface area contributed by atoms with Crippen molar-refractivity contribution in [1.82, 2.24) is 0 Å². The van der Waals surface area contributed by atoms with Gasteiger partial charge in [0, 0.05) is 21.2 Å². The van der Waals surface area contributed by atoms with Gasteiger partial charge in [0.25, 0.3) is 10.0 Å².